The minimum absolute atomic E-state index is 0.387. The van der Waals surface area contributed by atoms with E-state index in [-0.39, 0.29) is 0 Å². The third kappa shape index (κ3) is 3.54. The van der Waals surface area contributed by atoms with Crippen LogP contribution in [0.25, 0.3) is 0 Å². The van der Waals surface area contributed by atoms with Crippen LogP contribution in [-0.4, -0.2) is 0 Å². The number of halogens is 1. The Labute approximate surface area is 129 Å². The van der Waals surface area contributed by atoms with Gasteiger partial charge < -0.3 is 10.5 Å². The normalized spacial score (nSPS) is 10.8. The van der Waals surface area contributed by atoms with Gasteiger partial charge in [-0.2, -0.15) is 0 Å². The molecule has 2 rings (SSSR count). The van der Waals surface area contributed by atoms with Crippen LogP contribution in [0.1, 0.15) is 36.5 Å². The van der Waals surface area contributed by atoms with E-state index in [0.29, 0.717) is 12.5 Å². The molecule has 0 unspecified atom stereocenters. The highest BCUT2D eigenvalue weighted by atomic mass is 79.9. The molecule has 0 saturated heterocycles. The molecule has 0 aromatic heterocycles. The summed E-state index contributed by atoms with van der Waals surface area (Å²) in [5.74, 6) is 1.31. The van der Waals surface area contributed by atoms with Gasteiger partial charge in [0.25, 0.3) is 0 Å². The lowest BCUT2D eigenvalue weighted by molar-refractivity contribution is 0.301. The van der Waals surface area contributed by atoms with Crippen LogP contribution < -0.4 is 10.5 Å². The molecule has 2 N–H and O–H groups in total. The van der Waals surface area contributed by atoms with E-state index in [1.807, 2.05) is 31.2 Å². The van der Waals surface area contributed by atoms with Gasteiger partial charge in [-0.05, 0) is 53.8 Å². The molecule has 0 amide bonds. The Morgan fingerprint density at radius 1 is 1.15 bits per heavy atom. The van der Waals surface area contributed by atoms with Crippen LogP contribution >= 0.6 is 15.9 Å². The van der Waals surface area contributed by atoms with Crippen molar-refractivity contribution in [1.29, 1.82) is 0 Å². The maximum atomic E-state index is 5.99. The monoisotopic (exact) mass is 333 g/mol. The van der Waals surface area contributed by atoms with Gasteiger partial charge in [0.05, 0.1) is 0 Å². The Hall–Kier alpha value is -1.48. The predicted molar refractivity (Wildman–Crippen MR) is 88.2 cm³/mol. The first-order valence-electron chi connectivity index (χ1n) is 6.74. The number of aryl methyl sites for hydroxylation is 1. The van der Waals surface area contributed by atoms with E-state index in [2.05, 4.69) is 41.9 Å². The standard InChI is InChI=1S/C17H20BrNO/c1-11(2)15-9-16(19)12(3)8-17(15)20-10-13-4-6-14(18)7-5-13/h4-9,11H,10,19H2,1-3H3. The first-order valence-corrected chi connectivity index (χ1v) is 7.54. The van der Waals surface area contributed by atoms with E-state index in [9.17, 15) is 0 Å². The van der Waals surface area contributed by atoms with Gasteiger partial charge >= 0.3 is 0 Å². The van der Waals surface area contributed by atoms with Crippen LogP contribution in [0.4, 0.5) is 5.69 Å². The number of benzene rings is 2. The molecule has 0 aliphatic heterocycles. The van der Waals surface area contributed by atoms with Gasteiger partial charge in [0.1, 0.15) is 12.4 Å². The average molecular weight is 334 g/mol. The number of rotatable bonds is 4. The van der Waals surface area contributed by atoms with Gasteiger partial charge in [-0.3, -0.25) is 0 Å². The van der Waals surface area contributed by atoms with Crippen molar-refractivity contribution in [1.82, 2.24) is 0 Å². The van der Waals surface area contributed by atoms with Crippen LogP contribution in [0, 0.1) is 6.92 Å². The van der Waals surface area contributed by atoms with Crippen molar-refractivity contribution < 1.29 is 4.74 Å². The van der Waals surface area contributed by atoms with E-state index < -0.39 is 0 Å². The van der Waals surface area contributed by atoms with Crippen molar-refractivity contribution in [3.63, 3.8) is 0 Å². The Morgan fingerprint density at radius 3 is 2.40 bits per heavy atom. The second-order valence-electron chi connectivity index (χ2n) is 5.32. The first kappa shape index (κ1) is 14.9. The van der Waals surface area contributed by atoms with Crippen LogP contribution in [0.5, 0.6) is 5.75 Å². The van der Waals surface area contributed by atoms with Crippen LogP contribution in [0.15, 0.2) is 40.9 Å². The fraction of sp³-hybridized carbons (Fsp3) is 0.294. The van der Waals surface area contributed by atoms with Gasteiger partial charge in [0, 0.05) is 10.2 Å². The summed E-state index contributed by atoms with van der Waals surface area (Å²) in [5, 5.41) is 0. The Bertz CT molecular complexity index is 591. The summed E-state index contributed by atoms with van der Waals surface area (Å²) in [6, 6.07) is 12.2. The summed E-state index contributed by atoms with van der Waals surface area (Å²) in [7, 11) is 0. The zero-order chi connectivity index (χ0) is 14.7. The molecule has 0 bridgehead atoms. The molecule has 0 atom stereocenters. The first-order chi connectivity index (χ1) is 9.47. The lowest BCUT2D eigenvalue weighted by atomic mass is 9.99. The van der Waals surface area contributed by atoms with Crippen molar-refractivity contribution in [3.8, 4) is 5.75 Å². The van der Waals surface area contributed by atoms with Crippen LogP contribution in [0.3, 0.4) is 0 Å². The molecular weight excluding hydrogens is 314 g/mol. The van der Waals surface area contributed by atoms with Crippen LogP contribution in [0.2, 0.25) is 0 Å². The van der Waals surface area contributed by atoms with E-state index in [0.717, 1.165) is 32.6 Å². The summed E-state index contributed by atoms with van der Waals surface area (Å²) in [6.45, 7) is 6.87. The second-order valence-corrected chi connectivity index (χ2v) is 6.23. The topological polar surface area (TPSA) is 35.2 Å². The third-order valence-corrected chi connectivity index (χ3v) is 3.86. The van der Waals surface area contributed by atoms with E-state index in [1.165, 1.54) is 0 Å². The number of nitrogen functional groups attached to an aromatic ring is 1. The molecular formula is C17H20BrNO. The highest BCUT2D eigenvalue weighted by Crippen LogP contribution is 2.31. The Kier molecular flexibility index (Phi) is 4.71. The maximum Gasteiger partial charge on any atom is 0.123 e. The van der Waals surface area contributed by atoms with Gasteiger partial charge in [0.2, 0.25) is 0 Å². The summed E-state index contributed by atoms with van der Waals surface area (Å²) in [6.07, 6.45) is 0. The number of anilines is 1. The molecule has 0 saturated carbocycles. The van der Waals surface area contributed by atoms with Crippen molar-refractivity contribution in [3.05, 3.63) is 57.6 Å². The predicted octanol–water partition coefficient (Wildman–Crippen LogP) is 5.04. The average Bonchev–Trinajstić information content (AvgIpc) is 2.41. The largest absolute Gasteiger partial charge is 0.489 e. The molecule has 20 heavy (non-hydrogen) atoms. The molecule has 2 aromatic carbocycles. The molecule has 2 nitrogen and oxygen atoms in total. The zero-order valence-electron chi connectivity index (χ0n) is 12.1. The number of hydrogen-bond donors (Lipinski definition) is 1. The molecule has 0 spiro atoms. The molecule has 0 aliphatic rings. The van der Waals surface area contributed by atoms with Crippen molar-refractivity contribution in [2.75, 3.05) is 5.73 Å². The number of nitrogens with two attached hydrogens (primary N) is 1. The van der Waals surface area contributed by atoms with Gasteiger partial charge in [-0.15, -0.1) is 0 Å². The third-order valence-electron chi connectivity index (χ3n) is 3.33. The van der Waals surface area contributed by atoms with Crippen molar-refractivity contribution in [2.45, 2.75) is 33.3 Å². The summed E-state index contributed by atoms with van der Waals surface area (Å²) >= 11 is 3.43. The summed E-state index contributed by atoms with van der Waals surface area (Å²) in [5.41, 5.74) is 10.2. The van der Waals surface area contributed by atoms with Crippen LogP contribution in [-0.2, 0) is 6.61 Å². The quantitative estimate of drug-likeness (QED) is 0.795. The van der Waals surface area contributed by atoms with E-state index in [1.54, 1.807) is 0 Å². The molecule has 0 radical (unpaired) electrons. The minimum Gasteiger partial charge on any atom is -0.489 e. The van der Waals surface area contributed by atoms with Gasteiger partial charge in [0.15, 0.2) is 0 Å². The van der Waals surface area contributed by atoms with E-state index >= 15 is 0 Å². The number of hydrogen-bond acceptors (Lipinski definition) is 2. The van der Waals surface area contributed by atoms with E-state index in [4.69, 9.17) is 10.5 Å². The lowest BCUT2D eigenvalue weighted by Gasteiger charge is -2.16. The molecule has 0 heterocycles. The van der Waals surface area contributed by atoms with Crippen molar-refractivity contribution >= 4 is 21.6 Å². The SMILES string of the molecule is Cc1cc(OCc2ccc(Br)cc2)c(C(C)C)cc1N. The number of ether oxygens (including phenoxy) is 1. The Morgan fingerprint density at radius 2 is 1.80 bits per heavy atom. The van der Waals surface area contributed by atoms with Crippen molar-refractivity contribution in [2.24, 2.45) is 0 Å². The molecule has 0 aliphatic carbocycles. The zero-order valence-corrected chi connectivity index (χ0v) is 13.7. The molecule has 0 fully saturated rings. The fourth-order valence-corrected chi connectivity index (χ4v) is 2.30. The molecule has 106 valence electrons. The molecule has 2 aromatic rings. The Balaban J connectivity index is 2.20. The molecule has 3 heteroatoms. The highest BCUT2D eigenvalue weighted by molar-refractivity contribution is 9.10. The van der Waals surface area contributed by atoms with Gasteiger partial charge in [-0.25, -0.2) is 0 Å². The fourth-order valence-electron chi connectivity index (χ4n) is 2.03. The summed E-state index contributed by atoms with van der Waals surface area (Å²) in [4.78, 5) is 0. The lowest BCUT2D eigenvalue weighted by Crippen LogP contribution is -2.02. The highest BCUT2D eigenvalue weighted by Gasteiger charge is 2.10. The maximum absolute atomic E-state index is 5.99. The second kappa shape index (κ2) is 6.31. The minimum atomic E-state index is 0.387. The van der Waals surface area contributed by atoms with Gasteiger partial charge in [-0.1, -0.05) is 41.9 Å². The smallest absolute Gasteiger partial charge is 0.123 e. The summed E-state index contributed by atoms with van der Waals surface area (Å²) < 4.78 is 7.07.